The first-order chi connectivity index (χ1) is 13.9. The van der Waals surface area contributed by atoms with Gasteiger partial charge in [-0.1, -0.05) is 35.9 Å². The highest BCUT2D eigenvalue weighted by molar-refractivity contribution is 6.05. The van der Waals surface area contributed by atoms with Crippen molar-refractivity contribution in [1.82, 2.24) is 0 Å². The highest BCUT2D eigenvalue weighted by Gasteiger charge is 2.15. The SMILES string of the molecule is Cc1ccc(OC(C)C(=O)Nc2ccc(NC(=O)c3ccccc3C)cc2)cc1. The Morgan fingerprint density at radius 3 is 2.00 bits per heavy atom. The summed E-state index contributed by atoms with van der Waals surface area (Å²) < 4.78 is 5.67. The fourth-order valence-corrected chi connectivity index (χ4v) is 2.78. The molecule has 0 heterocycles. The third-order valence-electron chi connectivity index (χ3n) is 4.50. The lowest BCUT2D eigenvalue weighted by molar-refractivity contribution is -0.122. The number of benzene rings is 3. The van der Waals surface area contributed by atoms with Crippen molar-refractivity contribution in [3.8, 4) is 5.75 Å². The molecule has 5 nitrogen and oxygen atoms in total. The van der Waals surface area contributed by atoms with Crippen LogP contribution in [0.5, 0.6) is 5.75 Å². The number of hydrogen-bond donors (Lipinski definition) is 2. The number of ether oxygens (including phenoxy) is 1. The van der Waals surface area contributed by atoms with Crippen LogP contribution in [0.2, 0.25) is 0 Å². The zero-order valence-corrected chi connectivity index (χ0v) is 16.7. The molecule has 0 fully saturated rings. The number of carbonyl (C=O) groups excluding carboxylic acids is 2. The maximum atomic E-state index is 12.4. The lowest BCUT2D eigenvalue weighted by Crippen LogP contribution is -2.30. The van der Waals surface area contributed by atoms with Crippen molar-refractivity contribution in [2.45, 2.75) is 26.9 Å². The number of rotatable bonds is 6. The maximum Gasteiger partial charge on any atom is 0.265 e. The molecule has 3 rings (SSSR count). The summed E-state index contributed by atoms with van der Waals surface area (Å²) >= 11 is 0. The minimum absolute atomic E-state index is 0.167. The molecule has 0 saturated heterocycles. The summed E-state index contributed by atoms with van der Waals surface area (Å²) in [6.45, 7) is 5.59. The van der Waals surface area contributed by atoms with Crippen LogP contribution < -0.4 is 15.4 Å². The van der Waals surface area contributed by atoms with Crippen molar-refractivity contribution >= 4 is 23.2 Å². The molecule has 29 heavy (non-hydrogen) atoms. The van der Waals surface area contributed by atoms with E-state index in [2.05, 4.69) is 10.6 Å². The van der Waals surface area contributed by atoms with Crippen LogP contribution >= 0.6 is 0 Å². The van der Waals surface area contributed by atoms with Gasteiger partial charge in [0, 0.05) is 16.9 Å². The molecule has 2 amide bonds. The molecular weight excluding hydrogens is 364 g/mol. The smallest absolute Gasteiger partial charge is 0.265 e. The lowest BCUT2D eigenvalue weighted by Gasteiger charge is -2.15. The van der Waals surface area contributed by atoms with Crippen molar-refractivity contribution < 1.29 is 14.3 Å². The van der Waals surface area contributed by atoms with Gasteiger partial charge in [0.1, 0.15) is 5.75 Å². The molecule has 0 aliphatic rings. The second kappa shape index (κ2) is 9.06. The Balaban J connectivity index is 1.57. The first-order valence-electron chi connectivity index (χ1n) is 9.43. The van der Waals surface area contributed by atoms with Crippen LogP contribution in [0.3, 0.4) is 0 Å². The van der Waals surface area contributed by atoms with Crippen molar-refractivity contribution in [3.63, 3.8) is 0 Å². The first-order valence-corrected chi connectivity index (χ1v) is 9.43. The fraction of sp³-hybridized carbons (Fsp3) is 0.167. The molecule has 0 aromatic heterocycles. The Morgan fingerprint density at radius 2 is 1.38 bits per heavy atom. The number of aryl methyl sites for hydroxylation is 2. The van der Waals surface area contributed by atoms with Gasteiger partial charge >= 0.3 is 0 Å². The molecule has 2 N–H and O–H groups in total. The Labute approximate surface area is 170 Å². The minimum Gasteiger partial charge on any atom is -0.481 e. The average molecular weight is 388 g/mol. The van der Waals surface area contributed by atoms with Crippen LogP contribution in [-0.4, -0.2) is 17.9 Å². The summed E-state index contributed by atoms with van der Waals surface area (Å²) in [5.74, 6) is 0.231. The van der Waals surface area contributed by atoms with E-state index in [1.165, 1.54) is 0 Å². The van der Waals surface area contributed by atoms with E-state index >= 15 is 0 Å². The Hall–Kier alpha value is -3.60. The lowest BCUT2D eigenvalue weighted by atomic mass is 10.1. The van der Waals surface area contributed by atoms with E-state index in [1.54, 1.807) is 37.3 Å². The normalized spacial score (nSPS) is 11.4. The number of hydrogen-bond acceptors (Lipinski definition) is 3. The molecular formula is C24H24N2O3. The predicted octanol–water partition coefficient (Wildman–Crippen LogP) is 4.96. The Morgan fingerprint density at radius 1 is 0.793 bits per heavy atom. The van der Waals surface area contributed by atoms with E-state index in [4.69, 9.17) is 4.74 Å². The molecule has 0 saturated carbocycles. The number of anilines is 2. The summed E-state index contributed by atoms with van der Waals surface area (Å²) in [5, 5.41) is 5.68. The maximum absolute atomic E-state index is 12.4. The number of carbonyl (C=O) groups is 2. The van der Waals surface area contributed by atoms with Crippen LogP contribution in [0.15, 0.2) is 72.8 Å². The van der Waals surface area contributed by atoms with Gasteiger partial charge < -0.3 is 15.4 Å². The minimum atomic E-state index is -0.641. The molecule has 0 bridgehead atoms. The van der Waals surface area contributed by atoms with Gasteiger partial charge in [-0.05, 0) is 68.8 Å². The second-order valence-corrected chi connectivity index (χ2v) is 6.91. The highest BCUT2D eigenvalue weighted by atomic mass is 16.5. The van der Waals surface area contributed by atoms with Crippen LogP contribution in [0.4, 0.5) is 11.4 Å². The van der Waals surface area contributed by atoms with Crippen molar-refractivity contribution in [2.75, 3.05) is 10.6 Å². The van der Waals surface area contributed by atoms with E-state index in [1.807, 2.05) is 56.3 Å². The molecule has 3 aromatic rings. The molecule has 0 aliphatic heterocycles. The molecule has 3 aromatic carbocycles. The Bertz CT molecular complexity index is 995. The van der Waals surface area contributed by atoms with Gasteiger partial charge in [-0.25, -0.2) is 0 Å². The largest absolute Gasteiger partial charge is 0.481 e. The molecule has 1 atom stereocenters. The average Bonchev–Trinajstić information content (AvgIpc) is 2.71. The molecule has 5 heteroatoms. The molecule has 148 valence electrons. The zero-order chi connectivity index (χ0) is 20.8. The van der Waals surface area contributed by atoms with Crippen molar-refractivity contribution in [3.05, 3.63) is 89.5 Å². The van der Waals surface area contributed by atoms with Gasteiger partial charge in [0.2, 0.25) is 0 Å². The van der Waals surface area contributed by atoms with E-state index in [-0.39, 0.29) is 11.8 Å². The van der Waals surface area contributed by atoms with E-state index < -0.39 is 6.10 Å². The Kier molecular flexibility index (Phi) is 6.29. The standard InChI is InChI=1S/C24H24N2O3/c1-16-8-14-21(15-9-16)29-18(3)23(27)25-19-10-12-20(13-11-19)26-24(28)22-7-5-4-6-17(22)2/h4-15,18H,1-3H3,(H,25,27)(H,26,28). The molecule has 0 aliphatic carbocycles. The first kappa shape index (κ1) is 20.1. The van der Waals surface area contributed by atoms with Gasteiger partial charge in [0.15, 0.2) is 6.10 Å². The summed E-state index contributed by atoms with van der Waals surface area (Å²) in [6, 6.07) is 21.9. The monoisotopic (exact) mass is 388 g/mol. The van der Waals surface area contributed by atoms with Crippen LogP contribution in [-0.2, 0) is 4.79 Å². The summed E-state index contributed by atoms with van der Waals surface area (Å²) in [4.78, 5) is 24.7. The quantitative estimate of drug-likeness (QED) is 0.627. The van der Waals surface area contributed by atoms with E-state index in [9.17, 15) is 9.59 Å². The van der Waals surface area contributed by atoms with E-state index in [0.717, 1.165) is 11.1 Å². The predicted molar refractivity (Wildman–Crippen MR) is 115 cm³/mol. The van der Waals surface area contributed by atoms with Gasteiger partial charge in [0.05, 0.1) is 0 Å². The summed E-state index contributed by atoms with van der Waals surface area (Å²) in [6.07, 6.45) is -0.641. The van der Waals surface area contributed by atoms with Gasteiger partial charge in [-0.2, -0.15) is 0 Å². The van der Waals surface area contributed by atoms with Crippen LogP contribution in [0.1, 0.15) is 28.4 Å². The van der Waals surface area contributed by atoms with Gasteiger partial charge in [-0.3, -0.25) is 9.59 Å². The van der Waals surface area contributed by atoms with Gasteiger partial charge in [0.25, 0.3) is 11.8 Å². The van der Waals surface area contributed by atoms with Crippen LogP contribution in [0.25, 0.3) is 0 Å². The molecule has 0 spiro atoms. The van der Waals surface area contributed by atoms with Gasteiger partial charge in [-0.15, -0.1) is 0 Å². The number of nitrogens with one attached hydrogen (secondary N) is 2. The summed E-state index contributed by atoms with van der Waals surface area (Å²) in [7, 11) is 0. The highest BCUT2D eigenvalue weighted by Crippen LogP contribution is 2.17. The summed E-state index contributed by atoms with van der Waals surface area (Å²) in [5.41, 5.74) is 3.95. The van der Waals surface area contributed by atoms with Crippen LogP contribution in [0, 0.1) is 13.8 Å². The fourth-order valence-electron chi connectivity index (χ4n) is 2.78. The third-order valence-corrected chi connectivity index (χ3v) is 4.50. The van der Waals surface area contributed by atoms with Crippen molar-refractivity contribution in [1.29, 1.82) is 0 Å². The molecule has 0 radical (unpaired) electrons. The topological polar surface area (TPSA) is 67.4 Å². The zero-order valence-electron chi connectivity index (χ0n) is 16.7. The molecule has 1 unspecified atom stereocenters. The second-order valence-electron chi connectivity index (χ2n) is 6.91. The third kappa shape index (κ3) is 5.45. The number of amides is 2. The van der Waals surface area contributed by atoms with Crippen molar-refractivity contribution in [2.24, 2.45) is 0 Å². The van der Waals surface area contributed by atoms with E-state index in [0.29, 0.717) is 22.7 Å².